The van der Waals surface area contributed by atoms with Crippen molar-refractivity contribution in [3.8, 4) is 16.9 Å². The smallest absolute Gasteiger partial charge is 0.141 e. The van der Waals surface area contributed by atoms with Crippen LogP contribution in [-0.2, 0) is 6.54 Å². The number of hydrogen-bond donors (Lipinski definition) is 0. The molecule has 5 aromatic rings. The van der Waals surface area contributed by atoms with Crippen LogP contribution in [0.5, 0.6) is 5.75 Å². The molecule has 4 heterocycles. The maximum absolute atomic E-state index is 5.74. The topological polar surface area (TPSA) is 78.9 Å². The average molecular weight is 385 g/mol. The Labute approximate surface area is 166 Å². The third kappa shape index (κ3) is 2.82. The standard InChI is InChI=1S/C22H19N5O2/c1-13-21(14(2)29-26-13)18-8-19-17(9-20(18)28-3)22-16(10-24-19)11-25-27(22)12-15-4-6-23-7-5-15/h4-11H,12H2,1-3H3. The minimum absolute atomic E-state index is 0.652. The van der Waals surface area contributed by atoms with E-state index in [0.29, 0.717) is 6.54 Å². The van der Waals surface area contributed by atoms with Crippen LogP contribution in [0.25, 0.3) is 32.9 Å². The molecule has 144 valence electrons. The maximum atomic E-state index is 5.74. The van der Waals surface area contributed by atoms with Crippen LogP contribution in [0.15, 0.2) is 53.6 Å². The highest BCUT2D eigenvalue weighted by molar-refractivity contribution is 6.05. The fourth-order valence-electron chi connectivity index (χ4n) is 3.81. The molecule has 4 aromatic heterocycles. The van der Waals surface area contributed by atoms with E-state index >= 15 is 0 Å². The van der Waals surface area contributed by atoms with E-state index in [-0.39, 0.29) is 0 Å². The van der Waals surface area contributed by atoms with Crippen molar-refractivity contribution in [2.75, 3.05) is 7.11 Å². The first-order chi connectivity index (χ1) is 14.2. The molecule has 0 aliphatic rings. The van der Waals surface area contributed by atoms with Crippen LogP contribution in [0.2, 0.25) is 0 Å². The van der Waals surface area contributed by atoms with Crippen molar-refractivity contribution in [3.63, 3.8) is 0 Å². The van der Waals surface area contributed by atoms with E-state index in [4.69, 9.17) is 9.26 Å². The Morgan fingerprint density at radius 3 is 2.66 bits per heavy atom. The molecule has 7 nitrogen and oxygen atoms in total. The van der Waals surface area contributed by atoms with E-state index in [9.17, 15) is 0 Å². The van der Waals surface area contributed by atoms with Crippen LogP contribution in [0, 0.1) is 13.8 Å². The summed E-state index contributed by atoms with van der Waals surface area (Å²) in [6.45, 7) is 4.48. The van der Waals surface area contributed by atoms with E-state index < -0.39 is 0 Å². The van der Waals surface area contributed by atoms with Gasteiger partial charge in [-0.2, -0.15) is 5.10 Å². The molecule has 29 heavy (non-hydrogen) atoms. The molecule has 0 aliphatic heterocycles. The lowest BCUT2D eigenvalue weighted by atomic mass is 10.00. The van der Waals surface area contributed by atoms with E-state index in [1.807, 2.05) is 55.2 Å². The highest BCUT2D eigenvalue weighted by Crippen LogP contribution is 2.38. The lowest BCUT2D eigenvalue weighted by Gasteiger charge is -2.12. The first-order valence-corrected chi connectivity index (χ1v) is 9.30. The van der Waals surface area contributed by atoms with Gasteiger partial charge in [0.1, 0.15) is 11.5 Å². The number of nitrogens with zero attached hydrogens (tertiary/aromatic N) is 5. The van der Waals surface area contributed by atoms with Gasteiger partial charge < -0.3 is 9.26 Å². The molecular weight excluding hydrogens is 366 g/mol. The summed E-state index contributed by atoms with van der Waals surface area (Å²) in [4.78, 5) is 8.75. The first-order valence-electron chi connectivity index (χ1n) is 9.30. The zero-order chi connectivity index (χ0) is 20.0. The van der Waals surface area contributed by atoms with Gasteiger partial charge in [0.2, 0.25) is 0 Å². The third-order valence-electron chi connectivity index (χ3n) is 5.17. The number of aryl methyl sites for hydroxylation is 2. The summed E-state index contributed by atoms with van der Waals surface area (Å²) in [6.07, 6.45) is 7.29. The van der Waals surface area contributed by atoms with Gasteiger partial charge in [0, 0.05) is 34.9 Å². The zero-order valence-electron chi connectivity index (χ0n) is 16.4. The fourth-order valence-corrected chi connectivity index (χ4v) is 3.81. The van der Waals surface area contributed by atoms with Gasteiger partial charge in [-0.3, -0.25) is 14.6 Å². The highest BCUT2D eigenvalue weighted by atomic mass is 16.5. The van der Waals surface area contributed by atoms with E-state index in [1.54, 1.807) is 19.5 Å². The monoisotopic (exact) mass is 385 g/mol. The third-order valence-corrected chi connectivity index (χ3v) is 5.17. The summed E-state index contributed by atoms with van der Waals surface area (Å²) >= 11 is 0. The van der Waals surface area contributed by atoms with Gasteiger partial charge in [-0.25, -0.2) is 0 Å². The van der Waals surface area contributed by atoms with Crippen molar-refractivity contribution < 1.29 is 9.26 Å². The Kier molecular flexibility index (Phi) is 4.01. The summed E-state index contributed by atoms with van der Waals surface area (Å²) in [5.41, 5.74) is 5.71. The second-order valence-electron chi connectivity index (χ2n) is 6.99. The lowest BCUT2D eigenvalue weighted by Crippen LogP contribution is -2.02. The van der Waals surface area contributed by atoms with Crippen LogP contribution in [0.3, 0.4) is 0 Å². The molecule has 0 amide bonds. The number of methoxy groups -OCH3 is 1. The molecule has 0 radical (unpaired) electrons. The van der Waals surface area contributed by atoms with Gasteiger partial charge in [-0.05, 0) is 43.7 Å². The van der Waals surface area contributed by atoms with Gasteiger partial charge in [0.25, 0.3) is 0 Å². The minimum Gasteiger partial charge on any atom is -0.496 e. The summed E-state index contributed by atoms with van der Waals surface area (Å²) in [5, 5.41) is 10.6. The predicted molar refractivity (Wildman–Crippen MR) is 110 cm³/mol. The molecule has 1 aromatic carbocycles. The molecular formula is C22H19N5O2. The van der Waals surface area contributed by atoms with Crippen molar-refractivity contribution >= 4 is 21.8 Å². The second-order valence-corrected chi connectivity index (χ2v) is 6.99. The molecule has 0 atom stereocenters. The molecule has 0 saturated heterocycles. The molecule has 0 spiro atoms. The predicted octanol–water partition coefficient (Wildman–Crippen LogP) is 4.31. The van der Waals surface area contributed by atoms with Crippen molar-refractivity contribution in [2.45, 2.75) is 20.4 Å². The quantitative estimate of drug-likeness (QED) is 0.459. The molecule has 0 aliphatic carbocycles. The normalized spacial score (nSPS) is 11.4. The number of fused-ring (bicyclic) bond motifs is 3. The van der Waals surface area contributed by atoms with Crippen LogP contribution in [0.4, 0.5) is 0 Å². The minimum atomic E-state index is 0.652. The first kappa shape index (κ1) is 17.4. The SMILES string of the molecule is COc1cc2c(cc1-c1c(C)noc1C)ncc1cnn(Cc3ccncc3)c12. The number of aromatic nitrogens is 5. The molecule has 0 saturated carbocycles. The maximum Gasteiger partial charge on any atom is 0.141 e. The largest absolute Gasteiger partial charge is 0.496 e. The molecule has 0 bridgehead atoms. The Hall–Kier alpha value is -3.74. The summed E-state index contributed by atoms with van der Waals surface area (Å²) < 4.78 is 13.1. The number of ether oxygens (including phenoxy) is 1. The van der Waals surface area contributed by atoms with E-state index in [0.717, 1.165) is 55.7 Å². The molecule has 0 fully saturated rings. The second kappa shape index (κ2) is 6.70. The summed E-state index contributed by atoms with van der Waals surface area (Å²) in [7, 11) is 1.67. The van der Waals surface area contributed by atoms with Crippen LogP contribution in [-0.4, -0.2) is 32.0 Å². The number of pyridine rings is 2. The van der Waals surface area contributed by atoms with Gasteiger partial charge >= 0.3 is 0 Å². The summed E-state index contributed by atoms with van der Waals surface area (Å²) in [6, 6.07) is 8.04. The Morgan fingerprint density at radius 1 is 1.10 bits per heavy atom. The average Bonchev–Trinajstić information content (AvgIpc) is 3.30. The van der Waals surface area contributed by atoms with Crippen molar-refractivity contribution in [1.82, 2.24) is 24.9 Å². The molecule has 0 unspecified atom stereocenters. The van der Waals surface area contributed by atoms with Crippen LogP contribution >= 0.6 is 0 Å². The Bertz CT molecular complexity index is 1320. The fraction of sp³-hybridized carbons (Fsp3) is 0.182. The van der Waals surface area contributed by atoms with Crippen molar-refractivity contribution in [2.24, 2.45) is 0 Å². The highest BCUT2D eigenvalue weighted by Gasteiger charge is 2.19. The number of hydrogen-bond acceptors (Lipinski definition) is 6. The molecule has 5 rings (SSSR count). The van der Waals surface area contributed by atoms with Crippen LogP contribution < -0.4 is 4.74 Å². The van der Waals surface area contributed by atoms with Crippen molar-refractivity contribution in [1.29, 1.82) is 0 Å². The van der Waals surface area contributed by atoms with Gasteiger partial charge in [0.05, 0.1) is 42.1 Å². The molecule has 0 N–H and O–H groups in total. The number of benzene rings is 1. The Balaban J connectivity index is 1.74. The summed E-state index contributed by atoms with van der Waals surface area (Å²) in [5.74, 6) is 1.50. The number of rotatable bonds is 4. The van der Waals surface area contributed by atoms with Crippen LogP contribution in [0.1, 0.15) is 17.0 Å². The Morgan fingerprint density at radius 2 is 1.93 bits per heavy atom. The van der Waals surface area contributed by atoms with Gasteiger partial charge in [0.15, 0.2) is 0 Å². The van der Waals surface area contributed by atoms with Crippen molar-refractivity contribution in [3.05, 3.63) is 66.1 Å². The lowest BCUT2D eigenvalue weighted by molar-refractivity contribution is 0.393. The zero-order valence-corrected chi connectivity index (χ0v) is 16.4. The van der Waals surface area contributed by atoms with E-state index in [1.165, 1.54) is 0 Å². The molecule has 7 heteroatoms. The van der Waals surface area contributed by atoms with E-state index in [2.05, 4.69) is 20.2 Å². The van der Waals surface area contributed by atoms with Gasteiger partial charge in [-0.15, -0.1) is 0 Å². The van der Waals surface area contributed by atoms with Gasteiger partial charge in [-0.1, -0.05) is 5.16 Å².